The van der Waals surface area contributed by atoms with E-state index in [1.54, 1.807) is 6.07 Å². The first-order valence-corrected chi connectivity index (χ1v) is 7.18. The normalized spacial score (nSPS) is 23.5. The number of carbonyl (C=O) groups is 1. The number of hydrogen-bond donors (Lipinski definition) is 1. The summed E-state index contributed by atoms with van der Waals surface area (Å²) in [5.74, 6) is 0.684. The molecule has 1 saturated heterocycles. The molecule has 1 aromatic carbocycles. The van der Waals surface area contributed by atoms with Gasteiger partial charge in [0.15, 0.2) is 0 Å². The van der Waals surface area contributed by atoms with Crippen molar-refractivity contribution in [2.24, 2.45) is 11.7 Å². The third kappa shape index (κ3) is 3.10. The first-order chi connectivity index (χ1) is 9.02. The van der Waals surface area contributed by atoms with Gasteiger partial charge in [0.1, 0.15) is 0 Å². The van der Waals surface area contributed by atoms with Crippen LogP contribution < -0.4 is 5.73 Å². The number of likely N-dealkylation sites (tertiary alicyclic amines) is 1. The second kappa shape index (κ2) is 5.93. The zero-order chi connectivity index (χ0) is 14.0. The minimum absolute atomic E-state index is 0.0456. The zero-order valence-corrected chi connectivity index (χ0v) is 12.3. The van der Waals surface area contributed by atoms with Gasteiger partial charge in [-0.25, -0.2) is 0 Å². The van der Waals surface area contributed by atoms with Crippen LogP contribution in [0.2, 0.25) is 5.02 Å². The number of benzene rings is 1. The summed E-state index contributed by atoms with van der Waals surface area (Å²) in [6, 6.07) is 5.64. The maximum absolute atomic E-state index is 12.6. The van der Waals surface area contributed by atoms with Crippen LogP contribution in [-0.2, 0) is 0 Å². The molecule has 0 bridgehead atoms. The van der Waals surface area contributed by atoms with Gasteiger partial charge in [-0.05, 0) is 43.4 Å². The average molecular weight is 281 g/mol. The molecule has 1 aliphatic rings. The van der Waals surface area contributed by atoms with Crippen molar-refractivity contribution in [1.29, 1.82) is 0 Å². The van der Waals surface area contributed by atoms with Gasteiger partial charge < -0.3 is 10.6 Å². The molecule has 3 nitrogen and oxygen atoms in total. The van der Waals surface area contributed by atoms with E-state index in [0.29, 0.717) is 23.0 Å². The van der Waals surface area contributed by atoms with Crippen molar-refractivity contribution >= 4 is 17.5 Å². The Balaban J connectivity index is 2.20. The van der Waals surface area contributed by atoms with Crippen LogP contribution in [0.25, 0.3) is 0 Å². The molecule has 4 heteroatoms. The number of hydrogen-bond acceptors (Lipinski definition) is 2. The van der Waals surface area contributed by atoms with Crippen molar-refractivity contribution in [2.45, 2.75) is 32.7 Å². The summed E-state index contributed by atoms with van der Waals surface area (Å²) in [5.41, 5.74) is 7.45. The first-order valence-electron chi connectivity index (χ1n) is 6.80. The van der Waals surface area contributed by atoms with E-state index in [-0.39, 0.29) is 11.9 Å². The topological polar surface area (TPSA) is 46.3 Å². The van der Waals surface area contributed by atoms with Gasteiger partial charge in [0.25, 0.3) is 5.91 Å². The molecule has 2 rings (SSSR count). The van der Waals surface area contributed by atoms with Crippen LogP contribution in [0.5, 0.6) is 0 Å². The van der Waals surface area contributed by atoms with Crippen LogP contribution in [-0.4, -0.2) is 29.9 Å². The number of nitrogens with zero attached hydrogens (tertiary/aromatic N) is 1. The van der Waals surface area contributed by atoms with Crippen LogP contribution in [0.3, 0.4) is 0 Å². The largest absolute Gasteiger partial charge is 0.334 e. The average Bonchev–Trinajstić information content (AvgIpc) is 2.41. The van der Waals surface area contributed by atoms with E-state index in [1.807, 2.05) is 24.0 Å². The van der Waals surface area contributed by atoms with Crippen LogP contribution >= 0.6 is 11.6 Å². The standard InChI is InChI=1S/C15H21ClN2O/c1-10-5-6-18(13(7-10)9-17)15(19)12-4-3-11(2)14(16)8-12/h3-4,8,10,13H,5-7,9,17H2,1-2H3. The Kier molecular flexibility index (Phi) is 4.48. The predicted molar refractivity (Wildman–Crippen MR) is 78.5 cm³/mol. The molecule has 0 spiro atoms. The van der Waals surface area contributed by atoms with Gasteiger partial charge in [-0.1, -0.05) is 24.6 Å². The Morgan fingerprint density at radius 3 is 2.89 bits per heavy atom. The molecule has 1 aliphatic heterocycles. The minimum Gasteiger partial charge on any atom is -0.334 e. The van der Waals surface area contributed by atoms with Gasteiger partial charge in [-0.2, -0.15) is 0 Å². The maximum Gasteiger partial charge on any atom is 0.254 e. The van der Waals surface area contributed by atoms with E-state index in [1.165, 1.54) is 0 Å². The third-order valence-corrected chi connectivity index (χ3v) is 4.34. The van der Waals surface area contributed by atoms with Gasteiger partial charge in [0.05, 0.1) is 0 Å². The smallest absolute Gasteiger partial charge is 0.254 e. The Labute approximate surface area is 119 Å². The third-order valence-electron chi connectivity index (χ3n) is 3.93. The summed E-state index contributed by atoms with van der Waals surface area (Å²) in [6.07, 6.45) is 2.03. The molecule has 1 amide bonds. The van der Waals surface area contributed by atoms with Crippen LogP contribution in [0.15, 0.2) is 18.2 Å². The molecule has 0 aromatic heterocycles. The summed E-state index contributed by atoms with van der Waals surface area (Å²) in [6.45, 7) is 5.46. The fourth-order valence-electron chi connectivity index (χ4n) is 2.63. The van der Waals surface area contributed by atoms with Crippen LogP contribution in [0.1, 0.15) is 35.7 Å². The number of rotatable bonds is 2. The van der Waals surface area contributed by atoms with Crippen molar-refractivity contribution in [3.05, 3.63) is 34.3 Å². The summed E-state index contributed by atoms with van der Waals surface area (Å²) in [7, 11) is 0. The molecule has 1 heterocycles. The molecule has 1 fully saturated rings. The highest BCUT2D eigenvalue weighted by Gasteiger charge is 2.29. The molecule has 2 atom stereocenters. The van der Waals surface area contributed by atoms with Crippen molar-refractivity contribution < 1.29 is 4.79 Å². The summed E-state index contributed by atoms with van der Waals surface area (Å²) in [4.78, 5) is 14.5. The Morgan fingerprint density at radius 2 is 2.26 bits per heavy atom. The molecular weight excluding hydrogens is 260 g/mol. The number of nitrogens with two attached hydrogens (primary N) is 1. The fraction of sp³-hybridized carbons (Fsp3) is 0.533. The van der Waals surface area contributed by atoms with Crippen molar-refractivity contribution in [2.75, 3.05) is 13.1 Å². The van der Waals surface area contributed by atoms with Crippen molar-refractivity contribution in [1.82, 2.24) is 4.90 Å². The second-order valence-corrected chi connectivity index (χ2v) is 5.89. The van der Waals surface area contributed by atoms with Crippen molar-refractivity contribution in [3.8, 4) is 0 Å². The van der Waals surface area contributed by atoms with E-state index in [9.17, 15) is 4.79 Å². The van der Waals surface area contributed by atoms with Crippen LogP contribution in [0.4, 0.5) is 0 Å². The molecular formula is C15H21ClN2O. The molecule has 1 aromatic rings. The summed E-state index contributed by atoms with van der Waals surface area (Å²) in [5, 5.41) is 0.639. The van der Waals surface area contributed by atoms with Crippen molar-refractivity contribution in [3.63, 3.8) is 0 Å². The highest BCUT2D eigenvalue weighted by molar-refractivity contribution is 6.31. The number of aryl methyl sites for hydroxylation is 1. The molecule has 0 saturated carbocycles. The van der Waals surface area contributed by atoms with E-state index >= 15 is 0 Å². The van der Waals surface area contributed by atoms with E-state index in [4.69, 9.17) is 17.3 Å². The first kappa shape index (κ1) is 14.4. The lowest BCUT2D eigenvalue weighted by atomic mass is 9.92. The van der Waals surface area contributed by atoms with Gasteiger partial charge >= 0.3 is 0 Å². The Morgan fingerprint density at radius 1 is 1.53 bits per heavy atom. The molecule has 0 aliphatic carbocycles. The summed E-state index contributed by atoms with van der Waals surface area (Å²) >= 11 is 6.09. The lowest BCUT2D eigenvalue weighted by molar-refractivity contribution is 0.0573. The van der Waals surface area contributed by atoms with Gasteiger partial charge in [0, 0.05) is 29.7 Å². The minimum atomic E-state index is 0.0456. The van der Waals surface area contributed by atoms with E-state index in [0.717, 1.165) is 24.9 Å². The molecule has 0 radical (unpaired) electrons. The SMILES string of the molecule is Cc1ccc(C(=O)N2CCC(C)CC2CN)cc1Cl. The molecule has 2 unspecified atom stereocenters. The van der Waals surface area contributed by atoms with Crippen LogP contribution in [0, 0.1) is 12.8 Å². The number of carbonyl (C=O) groups excluding carboxylic acids is 1. The highest BCUT2D eigenvalue weighted by atomic mass is 35.5. The molecule has 19 heavy (non-hydrogen) atoms. The van der Waals surface area contributed by atoms with E-state index < -0.39 is 0 Å². The predicted octanol–water partition coefficient (Wildman–Crippen LogP) is 2.85. The Hall–Kier alpha value is -1.06. The number of amides is 1. The second-order valence-electron chi connectivity index (χ2n) is 5.48. The zero-order valence-electron chi connectivity index (χ0n) is 11.5. The van der Waals surface area contributed by atoms with Gasteiger partial charge in [-0.3, -0.25) is 4.79 Å². The highest BCUT2D eigenvalue weighted by Crippen LogP contribution is 2.25. The van der Waals surface area contributed by atoms with E-state index in [2.05, 4.69) is 6.92 Å². The monoisotopic (exact) mass is 280 g/mol. The maximum atomic E-state index is 12.6. The molecule has 2 N–H and O–H groups in total. The van der Waals surface area contributed by atoms with Gasteiger partial charge in [-0.15, -0.1) is 0 Å². The summed E-state index contributed by atoms with van der Waals surface area (Å²) < 4.78 is 0. The fourth-order valence-corrected chi connectivity index (χ4v) is 2.81. The molecule has 104 valence electrons. The number of piperidine rings is 1. The lowest BCUT2D eigenvalue weighted by Gasteiger charge is -2.38. The quantitative estimate of drug-likeness (QED) is 0.905. The number of halogens is 1. The lowest BCUT2D eigenvalue weighted by Crippen LogP contribution is -2.49. The Bertz CT molecular complexity index is 475. The van der Waals surface area contributed by atoms with Gasteiger partial charge in [0.2, 0.25) is 0 Å².